The van der Waals surface area contributed by atoms with Crippen molar-refractivity contribution in [3.63, 3.8) is 0 Å². The molecule has 2 aromatic carbocycles. The molecule has 8 nitrogen and oxygen atoms in total. The normalized spacial score (nSPS) is 15.8. The van der Waals surface area contributed by atoms with Crippen LogP contribution in [0, 0.1) is 11.3 Å². The molecular formula is C26H29F3N4O4. The summed E-state index contributed by atoms with van der Waals surface area (Å²) in [6.45, 7) is 2.86. The quantitative estimate of drug-likeness (QED) is 0.445. The fourth-order valence-corrected chi connectivity index (χ4v) is 3.63. The second-order valence-corrected chi connectivity index (χ2v) is 8.51. The van der Waals surface area contributed by atoms with Crippen LogP contribution in [0.15, 0.2) is 48.5 Å². The fraction of sp³-hybridized carbons (Fsp3) is 0.385. The Morgan fingerprint density at radius 3 is 2.32 bits per heavy atom. The van der Waals surface area contributed by atoms with Gasteiger partial charge in [-0.15, -0.1) is 0 Å². The SMILES string of the molecule is CC(=O)NCc1cccc(-c2ccc(C[C@@H](C#N)NC(=O)[C@@H]3CCCCN3)cc2)c1.O=C(O)C(F)(F)F. The Bertz CT molecular complexity index is 1110. The molecule has 2 amide bonds. The Hall–Kier alpha value is -3.91. The number of alkyl halides is 3. The molecule has 2 atom stereocenters. The van der Waals surface area contributed by atoms with Gasteiger partial charge < -0.3 is 21.1 Å². The van der Waals surface area contributed by atoms with E-state index in [1.54, 1.807) is 0 Å². The summed E-state index contributed by atoms with van der Waals surface area (Å²) in [6.07, 6.45) is -1.67. The summed E-state index contributed by atoms with van der Waals surface area (Å²) >= 11 is 0. The van der Waals surface area contributed by atoms with E-state index in [2.05, 4.69) is 28.1 Å². The van der Waals surface area contributed by atoms with Crippen molar-refractivity contribution in [3.8, 4) is 17.2 Å². The number of piperidine rings is 1. The van der Waals surface area contributed by atoms with Gasteiger partial charge in [0.25, 0.3) is 0 Å². The number of halogens is 3. The molecule has 0 saturated carbocycles. The van der Waals surface area contributed by atoms with E-state index < -0.39 is 18.2 Å². The fourth-order valence-electron chi connectivity index (χ4n) is 3.63. The smallest absolute Gasteiger partial charge is 0.475 e. The number of carbonyl (C=O) groups is 3. The summed E-state index contributed by atoms with van der Waals surface area (Å²) < 4.78 is 31.7. The van der Waals surface area contributed by atoms with Crippen molar-refractivity contribution in [3.05, 3.63) is 59.7 Å². The summed E-state index contributed by atoms with van der Waals surface area (Å²) in [5.74, 6) is -2.90. The van der Waals surface area contributed by atoms with Gasteiger partial charge in [0.2, 0.25) is 11.8 Å². The zero-order valence-corrected chi connectivity index (χ0v) is 20.3. The highest BCUT2D eigenvalue weighted by atomic mass is 19.4. The first-order valence-corrected chi connectivity index (χ1v) is 11.7. The van der Waals surface area contributed by atoms with Crippen LogP contribution < -0.4 is 16.0 Å². The molecule has 0 spiro atoms. The number of carbonyl (C=O) groups excluding carboxylic acids is 2. The highest BCUT2D eigenvalue weighted by molar-refractivity contribution is 5.82. The van der Waals surface area contributed by atoms with Crippen LogP contribution in [0.2, 0.25) is 0 Å². The number of nitriles is 1. The highest BCUT2D eigenvalue weighted by Crippen LogP contribution is 2.21. The van der Waals surface area contributed by atoms with Crippen LogP contribution in [0.1, 0.15) is 37.3 Å². The molecule has 37 heavy (non-hydrogen) atoms. The number of amides is 2. The van der Waals surface area contributed by atoms with Gasteiger partial charge in [0.05, 0.1) is 12.1 Å². The third-order valence-corrected chi connectivity index (χ3v) is 5.54. The van der Waals surface area contributed by atoms with Crippen molar-refractivity contribution >= 4 is 17.8 Å². The molecule has 0 unspecified atom stereocenters. The van der Waals surface area contributed by atoms with Crippen molar-refractivity contribution < 1.29 is 32.7 Å². The van der Waals surface area contributed by atoms with Gasteiger partial charge in [0.1, 0.15) is 6.04 Å². The van der Waals surface area contributed by atoms with Crippen molar-refractivity contribution in [1.29, 1.82) is 5.26 Å². The molecule has 1 heterocycles. The average Bonchev–Trinajstić information content (AvgIpc) is 2.88. The lowest BCUT2D eigenvalue weighted by Gasteiger charge is -2.23. The number of nitrogens with zero attached hydrogens (tertiary/aromatic N) is 1. The maximum absolute atomic E-state index is 12.4. The summed E-state index contributed by atoms with van der Waals surface area (Å²) in [5.41, 5.74) is 4.16. The van der Waals surface area contributed by atoms with Crippen LogP contribution in [0.5, 0.6) is 0 Å². The number of rotatable bonds is 7. The molecule has 0 radical (unpaired) electrons. The van der Waals surface area contributed by atoms with Gasteiger partial charge in [-0.3, -0.25) is 9.59 Å². The molecular weight excluding hydrogens is 489 g/mol. The molecule has 0 aromatic heterocycles. The van der Waals surface area contributed by atoms with Gasteiger partial charge in [-0.2, -0.15) is 18.4 Å². The third-order valence-electron chi connectivity index (χ3n) is 5.54. The molecule has 2 aromatic rings. The largest absolute Gasteiger partial charge is 0.490 e. The van der Waals surface area contributed by atoms with Crippen LogP contribution in [-0.4, -0.2) is 47.7 Å². The predicted octanol–water partition coefficient (Wildman–Crippen LogP) is 3.32. The highest BCUT2D eigenvalue weighted by Gasteiger charge is 2.38. The van der Waals surface area contributed by atoms with Crippen molar-refractivity contribution in [2.75, 3.05) is 6.54 Å². The van der Waals surface area contributed by atoms with Gasteiger partial charge >= 0.3 is 12.1 Å². The lowest BCUT2D eigenvalue weighted by molar-refractivity contribution is -0.192. The Morgan fingerprint density at radius 1 is 1.11 bits per heavy atom. The minimum atomic E-state index is -5.08. The second-order valence-electron chi connectivity index (χ2n) is 8.51. The number of carboxylic acid groups (broad SMARTS) is 1. The van der Waals surface area contributed by atoms with Gasteiger partial charge in [0, 0.05) is 19.9 Å². The van der Waals surface area contributed by atoms with Crippen LogP contribution in [0.4, 0.5) is 13.2 Å². The predicted molar refractivity (Wildman–Crippen MR) is 130 cm³/mol. The molecule has 1 saturated heterocycles. The van der Waals surface area contributed by atoms with Crippen LogP contribution in [0.3, 0.4) is 0 Å². The van der Waals surface area contributed by atoms with E-state index in [4.69, 9.17) is 9.90 Å². The third kappa shape index (κ3) is 10.3. The maximum atomic E-state index is 12.4. The first kappa shape index (κ1) is 29.3. The molecule has 0 aliphatic carbocycles. The molecule has 1 aliphatic rings. The summed E-state index contributed by atoms with van der Waals surface area (Å²) in [5, 5.41) is 25.5. The van der Waals surface area contributed by atoms with Gasteiger partial charge in [0.15, 0.2) is 0 Å². The van der Waals surface area contributed by atoms with E-state index in [1.165, 1.54) is 6.92 Å². The average molecular weight is 519 g/mol. The minimum absolute atomic E-state index is 0.0526. The topological polar surface area (TPSA) is 131 Å². The molecule has 3 rings (SSSR count). The number of benzene rings is 2. The second kappa shape index (κ2) is 14.0. The van der Waals surface area contributed by atoms with E-state index >= 15 is 0 Å². The van der Waals surface area contributed by atoms with Gasteiger partial charge in [-0.25, -0.2) is 4.79 Å². The van der Waals surface area contributed by atoms with E-state index in [0.29, 0.717) is 13.0 Å². The Kier molecular flexibility index (Phi) is 11.1. The molecule has 0 bridgehead atoms. The van der Waals surface area contributed by atoms with Crippen molar-refractivity contribution in [2.24, 2.45) is 0 Å². The first-order chi connectivity index (χ1) is 17.5. The number of carboxylic acids is 1. The van der Waals surface area contributed by atoms with Crippen LogP contribution in [-0.2, 0) is 27.3 Å². The first-order valence-electron chi connectivity index (χ1n) is 11.7. The summed E-state index contributed by atoms with van der Waals surface area (Å²) in [6, 6.07) is 17.5. The van der Waals surface area contributed by atoms with E-state index in [1.807, 2.05) is 42.5 Å². The summed E-state index contributed by atoms with van der Waals surface area (Å²) in [7, 11) is 0. The van der Waals surface area contributed by atoms with E-state index in [0.717, 1.165) is 48.1 Å². The number of aliphatic carboxylic acids is 1. The molecule has 1 aliphatic heterocycles. The Morgan fingerprint density at radius 2 is 1.78 bits per heavy atom. The molecule has 1 fully saturated rings. The minimum Gasteiger partial charge on any atom is -0.475 e. The lowest BCUT2D eigenvalue weighted by atomic mass is 9.99. The number of hydrogen-bond donors (Lipinski definition) is 4. The van der Waals surface area contributed by atoms with Crippen LogP contribution >= 0.6 is 0 Å². The Labute approximate surface area is 212 Å². The van der Waals surface area contributed by atoms with E-state index in [-0.39, 0.29) is 17.9 Å². The van der Waals surface area contributed by atoms with E-state index in [9.17, 15) is 28.0 Å². The molecule has 4 N–H and O–H groups in total. The monoisotopic (exact) mass is 518 g/mol. The molecule has 198 valence electrons. The van der Waals surface area contributed by atoms with Crippen molar-refractivity contribution in [1.82, 2.24) is 16.0 Å². The molecule has 11 heteroatoms. The lowest BCUT2D eigenvalue weighted by Crippen LogP contribution is -2.49. The maximum Gasteiger partial charge on any atom is 0.490 e. The summed E-state index contributed by atoms with van der Waals surface area (Å²) in [4.78, 5) is 32.4. The number of hydrogen-bond acceptors (Lipinski definition) is 5. The van der Waals surface area contributed by atoms with Gasteiger partial charge in [-0.05, 0) is 47.7 Å². The standard InChI is InChI=1S/C24H28N4O2.C2HF3O2/c1-17(29)27-16-19-5-4-6-21(13-19)20-10-8-18(9-11-20)14-22(15-25)28-24(30)23-7-2-3-12-26-23;3-2(4,5)1(6)7/h4-6,8-11,13,22-23,26H,2-3,7,12,14,16H2,1H3,(H,27,29)(H,28,30);(H,6,7)/t22-,23-;/m0./s1. The van der Waals surface area contributed by atoms with Crippen LogP contribution in [0.25, 0.3) is 11.1 Å². The Balaban J connectivity index is 0.000000604. The van der Waals surface area contributed by atoms with Crippen molar-refractivity contribution in [2.45, 2.75) is 57.4 Å². The van der Waals surface area contributed by atoms with Gasteiger partial charge in [-0.1, -0.05) is 48.9 Å². The zero-order chi connectivity index (χ0) is 27.4. The number of nitrogens with one attached hydrogen (secondary N) is 3. The zero-order valence-electron chi connectivity index (χ0n) is 20.3.